The van der Waals surface area contributed by atoms with Crippen molar-refractivity contribution in [2.75, 3.05) is 31.6 Å². The predicted octanol–water partition coefficient (Wildman–Crippen LogP) is 5.73. The number of nitrogens with zero attached hydrogens (tertiary/aromatic N) is 2. The molecule has 1 aromatic heterocycles. The van der Waals surface area contributed by atoms with Crippen LogP contribution >= 0.6 is 23.7 Å². The summed E-state index contributed by atoms with van der Waals surface area (Å²) in [6, 6.07) is 15.3. The summed E-state index contributed by atoms with van der Waals surface area (Å²) in [6.07, 6.45) is -3.87. The highest BCUT2D eigenvalue weighted by Gasteiger charge is 2.36. The van der Waals surface area contributed by atoms with Crippen molar-refractivity contribution < 1.29 is 32.6 Å². The molecule has 0 fully saturated rings. The number of carbonyl (C=O) groups is 2. The Balaban J connectivity index is 0.00000380. The van der Waals surface area contributed by atoms with E-state index in [1.807, 2.05) is 6.07 Å². The molecular weight excluding hydrogens is 529 g/mol. The summed E-state index contributed by atoms with van der Waals surface area (Å²) >= 11 is 0.677. The van der Waals surface area contributed by atoms with E-state index < -0.39 is 17.0 Å². The van der Waals surface area contributed by atoms with Gasteiger partial charge in [-0.2, -0.15) is 13.2 Å². The van der Waals surface area contributed by atoms with Crippen LogP contribution < -0.4 is 9.64 Å². The molecule has 2 aromatic carbocycles. The number of fused-ring (bicyclic) bond motifs is 1. The number of likely N-dealkylation sites (N-methyl/N-ethyl adjacent to an activating group) is 1. The smallest absolute Gasteiger partial charge is 0.426 e. The molecule has 0 radical (unpaired) electrons. The van der Waals surface area contributed by atoms with Crippen molar-refractivity contribution in [2.45, 2.75) is 25.6 Å². The summed E-state index contributed by atoms with van der Waals surface area (Å²) in [5.74, 6) is -0.520. The number of hydrogen-bond donors (Lipinski definition) is 1. The van der Waals surface area contributed by atoms with Crippen LogP contribution in [-0.2, 0) is 28.8 Å². The van der Waals surface area contributed by atoms with Crippen molar-refractivity contribution in [3.63, 3.8) is 0 Å². The molecule has 0 bridgehead atoms. The number of hydrogen-bond acceptors (Lipinski definition) is 5. The maximum Gasteiger partial charge on any atom is 0.426 e. The molecule has 0 atom stereocenters. The summed E-state index contributed by atoms with van der Waals surface area (Å²) in [4.78, 5) is 26.6. The zero-order chi connectivity index (χ0) is 25.9. The molecule has 4 rings (SSSR count). The third-order valence-electron chi connectivity index (χ3n) is 5.87. The van der Waals surface area contributed by atoms with Crippen LogP contribution in [0.4, 0.5) is 18.9 Å². The second kappa shape index (κ2) is 12.0. The van der Waals surface area contributed by atoms with Gasteiger partial charge in [0.25, 0.3) is 0 Å². The third kappa shape index (κ3) is 7.03. The number of aliphatic carboxylic acids is 1. The van der Waals surface area contributed by atoms with Gasteiger partial charge in [0.1, 0.15) is 17.2 Å². The van der Waals surface area contributed by atoms with E-state index in [2.05, 4.69) is 0 Å². The highest BCUT2D eigenvalue weighted by Crippen LogP contribution is 2.43. The van der Waals surface area contributed by atoms with E-state index in [0.717, 1.165) is 11.3 Å². The number of carboxylic acids is 1. The number of halogens is 4. The fourth-order valence-electron chi connectivity index (χ4n) is 4.12. The Hall–Kier alpha value is -3.08. The number of carbonyl (C=O) groups excluding carboxylic acids is 1. The largest absolute Gasteiger partial charge is 0.488 e. The standard InChI is InChI=1S/C26H25F3N2O4S.ClH/c1-30(11-10-24(33)34)15-23(32)31-12-9-18-13-19(7-8-22(18)31)35-16-20-14-21(17-5-3-2-4-6-17)25(36-20)26(27,28)29;/h2-8,13-14H,9-12,15-16H2,1H3,(H,33,34);1H. The van der Waals surface area contributed by atoms with Gasteiger partial charge in [0, 0.05) is 29.2 Å². The topological polar surface area (TPSA) is 70.1 Å². The molecule has 1 aliphatic rings. The van der Waals surface area contributed by atoms with Crippen LogP contribution in [0.3, 0.4) is 0 Å². The lowest BCUT2D eigenvalue weighted by Gasteiger charge is -2.21. The predicted molar refractivity (Wildman–Crippen MR) is 139 cm³/mol. The highest BCUT2D eigenvalue weighted by molar-refractivity contribution is 7.12. The Morgan fingerprint density at radius 1 is 1.14 bits per heavy atom. The minimum absolute atomic E-state index is 0. The van der Waals surface area contributed by atoms with Gasteiger partial charge in [-0.25, -0.2) is 0 Å². The van der Waals surface area contributed by atoms with Crippen LogP contribution in [0.1, 0.15) is 21.7 Å². The van der Waals surface area contributed by atoms with Gasteiger partial charge in [0.2, 0.25) is 5.91 Å². The van der Waals surface area contributed by atoms with Crippen molar-refractivity contribution in [2.24, 2.45) is 0 Å². The third-order valence-corrected chi connectivity index (χ3v) is 7.02. The minimum atomic E-state index is -4.46. The molecule has 1 N–H and O–H groups in total. The molecule has 0 spiro atoms. The van der Waals surface area contributed by atoms with Crippen LogP contribution in [0.15, 0.2) is 54.6 Å². The van der Waals surface area contributed by atoms with Crippen molar-refractivity contribution in [3.05, 3.63) is 69.9 Å². The summed E-state index contributed by atoms with van der Waals surface area (Å²) in [6.45, 7) is 0.884. The van der Waals surface area contributed by atoms with Gasteiger partial charge in [0.15, 0.2) is 0 Å². The summed E-state index contributed by atoms with van der Waals surface area (Å²) < 4.78 is 46.7. The van der Waals surface area contributed by atoms with Gasteiger partial charge in [-0.05, 0) is 48.9 Å². The number of thiophene rings is 1. The number of rotatable bonds is 9. The van der Waals surface area contributed by atoms with Crippen molar-refractivity contribution in [1.82, 2.24) is 4.90 Å². The maximum atomic E-state index is 13.6. The van der Waals surface area contributed by atoms with Gasteiger partial charge >= 0.3 is 12.1 Å². The Bertz CT molecular complexity index is 1250. The second-order valence-electron chi connectivity index (χ2n) is 8.58. The molecule has 11 heteroatoms. The zero-order valence-electron chi connectivity index (χ0n) is 20.0. The Morgan fingerprint density at radius 3 is 2.54 bits per heavy atom. The van der Waals surface area contributed by atoms with Crippen molar-refractivity contribution >= 4 is 41.3 Å². The zero-order valence-corrected chi connectivity index (χ0v) is 21.6. The number of amides is 1. The molecule has 0 saturated carbocycles. The molecule has 1 amide bonds. The number of anilines is 1. The van der Waals surface area contributed by atoms with E-state index in [1.54, 1.807) is 59.3 Å². The lowest BCUT2D eigenvalue weighted by molar-refractivity contribution is -0.137. The molecule has 1 aliphatic heterocycles. The van der Waals surface area contributed by atoms with Gasteiger partial charge in [-0.1, -0.05) is 30.3 Å². The number of ether oxygens (including phenoxy) is 1. The summed E-state index contributed by atoms with van der Waals surface area (Å²) in [5, 5.41) is 8.80. The molecule has 6 nitrogen and oxygen atoms in total. The van der Waals surface area contributed by atoms with Crippen LogP contribution in [-0.4, -0.2) is 48.6 Å². The fraction of sp³-hybridized carbons (Fsp3) is 0.308. The average molecular weight is 555 g/mol. The van der Waals surface area contributed by atoms with Crippen LogP contribution in [0.5, 0.6) is 5.75 Å². The monoisotopic (exact) mass is 554 g/mol. The van der Waals surface area contributed by atoms with Crippen molar-refractivity contribution in [3.8, 4) is 16.9 Å². The molecule has 0 saturated heterocycles. The second-order valence-corrected chi connectivity index (χ2v) is 9.71. The van der Waals surface area contributed by atoms with Crippen molar-refractivity contribution in [1.29, 1.82) is 0 Å². The molecule has 2 heterocycles. The maximum absolute atomic E-state index is 13.6. The molecule has 0 unspecified atom stereocenters. The normalized spacial score (nSPS) is 12.8. The first-order valence-electron chi connectivity index (χ1n) is 11.3. The van der Waals surface area contributed by atoms with Gasteiger partial charge < -0.3 is 14.7 Å². The van der Waals surface area contributed by atoms with Crippen LogP contribution in [0.2, 0.25) is 0 Å². The summed E-state index contributed by atoms with van der Waals surface area (Å²) in [7, 11) is 1.70. The lowest BCUT2D eigenvalue weighted by atomic mass is 10.1. The van der Waals surface area contributed by atoms with E-state index in [1.165, 1.54) is 6.07 Å². The SMILES string of the molecule is CN(CCC(=O)O)CC(=O)N1CCc2cc(OCc3cc(-c4ccccc4)c(C(F)(F)F)s3)ccc21.Cl. The van der Waals surface area contributed by atoms with Gasteiger partial charge in [-0.15, -0.1) is 23.7 Å². The van der Waals surface area contributed by atoms with Gasteiger partial charge in [0.05, 0.1) is 13.0 Å². The summed E-state index contributed by atoms with van der Waals surface area (Å²) in [5.41, 5.74) is 2.33. The number of benzene rings is 2. The minimum Gasteiger partial charge on any atom is -0.488 e. The van der Waals surface area contributed by atoms with E-state index in [-0.39, 0.29) is 50.0 Å². The average Bonchev–Trinajstić information content (AvgIpc) is 3.46. The van der Waals surface area contributed by atoms with Crippen LogP contribution in [0, 0.1) is 0 Å². The molecular formula is C26H26ClF3N2O4S. The Labute approximate surface area is 222 Å². The first-order chi connectivity index (χ1) is 17.1. The molecule has 0 aliphatic carbocycles. The van der Waals surface area contributed by atoms with Gasteiger partial charge in [-0.3, -0.25) is 14.5 Å². The number of alkyl halides is 3. The first-order valence-corrected chi connectivity index (χ1v) is 12.1. The van der Waals surface area contributed by atoms with E-state index in [9.17, 15) is 22.8 Å². The van der Waals surface area contributed by atoms with E-state index in [4.69, 9.17) is 9.84 Å². The molecule has 3 aromatic rings. The molecule has 37 heavy (non-hydrogen) atoms. The molecule has 198 valence electrons. The fourth-order valence-corrected chi connectivity index (χ4v) is 5.08. The van der Waals surface area contributed by atoms with E-state index >= 15 is 0 Å². The highest BCUT2D eigenvalue weighted by atomic mass is 35.5. The quantitative estimate of drug-likeness (QED) is 0.366. The first kappa shape index (κ1) is 28.5. The Morgan fingerprint density at radius 2 is 1.86 bits per heavy atom. The Kier molecular flexibility index (Phi) is 9.22. The van der Waals surface area contributed by atoms with Crippen LogP contribution in [0.25, 0.3) is 11.1 Å². The number of carboxylic acid groups (broad SMARTS) is 1. The van der Waals surface area contributed by atoms with E-state index in [0.29, 0.717) is 40.5 Å². The lowest BCUT2D eigenvalue weighted by Crippen LogP contribution is -2.38.